The third-order valence-corrected chi connectivity index (χ3v) is 3.34. The predicted octanol–water partition coefficient (Wildman–Crippen LogP) is 2.81. The van der Waals surface area contributed by atoms with Crippen molar-refractivity contribution in [3.63, 3.8) is 0 Å². The van der Waals surface area contributed by atoms with Crippen LogP contribution in [0.25, 0.3) is 0 Å². The van der Waals surface area contributed by atoms with Gasteiger partial charge in [0.05, 0.1) is 0 Å². The van der Waals surface area contributed by atoms with Gasteiger partial charge in [0.2, 0.25) is 0 Å². The summed E-state index contributed by atoms with van der Waals surface area (Å²) in [4.78, 5) is 0. The second kappa shape index (κ2) is 4.27. The van der Waals surface area contributed by atoms with Gasteiger partial charge in [-0.3, -0.25) is 0 Å². The molecule has 1 nitrogen and oxygen atoms in total. The van der Waals surface area contributed by atoms with E-state index < -0.39 is 0 Å². The first-order valence-corrected chi connectivity index (χ1v) is 5.31. The molecule has 0 aromatic heterocycles. The zero-order valence-electron chi connectivity index (χ0n) is 8.82. The molecule has 0 aromatic rings. The van der Waals surface area contributed by atoms with Crippen molar-refractivity contribution in [3.8, 4) is 0 Å². The monoisotopic (exact) mass is 169 g/mol. The highest BCUT2D eigenvalue weighted by Gasteiger charge is 2.29. The SMILES string of the molecule is CNCC(C)(C)C1CCCCC1. The van der Waals surface area contributed by atoms with E-state index in [-0.39, 0.29) is 0 Å². The molecule has 1 heteroatoms. The summed E-state index contributed by atoms with van der Waals surface area (Å²) < 4.78 is 0. The van der Waals surface area contributed by atoms with Crippen molar-refractivity contribution in [3.05, 3.63) is 0 Å². The summed E-state index contributed by atoms with van der Waals surface area (Å²) >= 11 is 0. The highest BCUT2D eigenvalue weighted by atomic mass is 14.8. The smallest absolute Gasteiger partial charge is 0.000216 e. The van der Waals surface area contributed by atoms with Crippen LogP contribution in [0.2, 0.25) is 0 Å². The molecule has 1 aliphatic carbocycles. The minimum atomic E-state index is 0.509. The summed E-state index contributed by atoms with van der Waals surface area (Å²) in [5, 5.41) is 3.31. The van der Waals surface area contributed by atoms with Gasteiger partial charge in [-0.2, -0.15) is 0 Å². The molecule has 0 amide bonds. The van der Waals surface area contributed by atoms with Crippen LogP contribution in [0.15, 0.2) is 0 Å². The van der Waals surface area contributed by atoms with Crippen LogP contribution < -0.4 is 5.32 Å². The average molecular weight is 169 g/mol. The molecule has 0 unspecified atom stereocenters. The van der Waals surface area contributed by atoms with E-state index in [1.54, 1.807) is 0 Å². The highest BCUT2D eigenvalue weighted by molar-refractivity contribution is 4.82. The van der Waals surface area contributed by atoms with Crippen LogP contribution in [-0.4, -0.2) is 13.6 Å². The first-order chi connectivity index (χ1) is 5.67. The van der Waals surface area contributed by atoms with E-state index in [1.165, 1.54) is 32.1 Å². The Balaban J connectivity index is 2.41. The molecule has 0 aliphatic heterocycles. The van der Waals surface area contributed by atoms with E-state index in [4.69, 9.17) is 0 Å². The molecule has 0 radical (unpaired) electrons. The van der Waals surface area contributed by atoms with Crippen LogP contribution in [0.3, 0.4) is 0 Å². The van der Waals surface area contributed by atoms with Crippen molar-refractivity contribution >= 4 is 0 Å². The molecule has 0 heterocycles. The van der Waals surface area contributed by atoms with Gasteiger partial charge < -0.3 is 5.32 Å². The molecule has 1 aliphatic rings. The van der Waals surface area contributed by atoms with Gasteiger partial charge in [0.15, 0.2) is 0 Å². The van der Waals surface area contributed by atoms with Crippen LogP contribution in [0, 0.1) is 11.3 Å². The maximum Gasteiger partial charge on any atom is 0.000216 e. The fourth-order valence-electron chi connectivity index (χ4n) is 2.48. The van der Waals surface area contributed by atoms with E-state index in [0.29, 0.717) is 5.41 Å². The standard InChI is InChI=1S/C11H23N/c1-11(2,9-12-3)10-7-5-4-6-8-10/h10,12H,4-9H2,1-3H3. The zero-order chi connectivity index (χ0) is 9.03. The van der Waals surface area contributed by atoms with Gasteiger partial charge in [0.25, 0.3) is 0 Å². The Kier molecular flexibility index (Phi) is 3.57. The molecule has 0 atom stereocenters. The van der Waals surface area contributed by atoms with Crippen molar-refractivity contribution in [1.29, 1.82) is 0 Å². The van der Waals surface area contributed by atoms with Crippen LogP contribution in [0.1, 0.15) is 46.0 Å². The lowest BCUT2D eigenvalue weighted by Crippen LogP contribution is -2.35. The Labute approximate surface area is 76.9 Å². The van der Waals surface area contributed by atoms with E-state index >= 15 is 0 Å². The summed E-state index contributed by atoms with van der Waals surface area (Å²) in [6, 6.07) is 0. The van der Waals surface area contributed by atoms with E-state index in [2.05, 4.69) is 26.2 Å². The maximum absolute atomic E-state index is 3.31. The number of nitrogens with one attached hydrogen (secondary N) is 1. The second-order valence-electron chi connectivity index (χ2n) is 4.85. The van der Waals surface area contributed by atoms with Gasteiger partial charge in [-0.25, -0.2) is 0 Å². The van der Waals surface area contributed by atoms with Crippen molar-refractivity contribution < 1.29 is 0 Å². The quantitative estimate of drug-likeness (QED) is 0.685. The van der Waals surface area contributed by atoms with E-state index in [9.17, 15) is 0 Å². The summed E-state index contributed by atoms with van der Waals surface area (Å²) in [6.45, 7) is 5.97. The van der Waals surface area contributed by atoms with Gasteiger partial charge in [-0.1, -0.05) is 33.1 Å². The molecular formula is C11H23N. The Morgan fingerprint density at radius 2 is 1.75 bits per heavy atom. The van der Waals surface area contributed by atoms with E-state index in [1.807, 2.05) is 0 Å². The molecule has 12 heavy (non-hydrogen) atoms. The molecule has 72 valence electrons. The van der Waals surface area contributed by atoms with Crippen LogP contribution >= 0.6 is 0 Å². The fraction of sp³-hybridized carbons (Fsp3) is 1.00. The number of hydrogen-bond donors (Lipinski definition) is 1. The molecule has 1 rings (SSSR count). The third kappa shape index (κ3) is 2.48. The van der Waals surface area contributed by atoms with Crippen molar-refractivity contribution in [2.45, 2.75) is 46.0 Å². The van der Waals surface area contributed by atoms with Crippen LogP contribution in [0.5, 0.6) is 0 Å². The molecule has 1 N–H and O–H groups in total. The predicted molar refractivity (Wildman–Crippen MR) is 54.3 cm³/mol. The van der Waals surface area contributed by atoms with Crippen molar-refractivity contribution in [2.24, 2.45) is 11.3 Å². The van der Waals surface area contributed by atoms with Crippen molar-refractivity contribution in [2.75, 3.05) is 13.6 Å². The largest absolute Gasteiger partial charge is 0.319 e. The van der Waals surface area contributed by atoms with Gasteiger partial charge in [-0.15, -0.1) is 0 Å². The zero-order valence-corrected chi connectivity index (χ0v) is 8.82. The highest BCUT2D eigenvalue weighted by Crippen LogP contribution is 2.37. The van der Waals surface area contributed by atoms with Gasteiger partial charge >= 0.3 is 0 Å². The molecule has 1 fully saturated rings. The minimum absolute atomic E-state index is 0.509. The summed E-state index contributed by atoms with van der Waals surface area (Å²) in [5.74, 6) is 0.957. The lowest BCUT2D eigenvalue weighted by Gasteiger charge is -2.36. The molecular weight excluding hydrogens is 146 g/mol. The van der Waals surface area contributed by atoms with Gasteiger partial charge in [0, 0.05) is 6.54 Å². The van der Waals surface area contributed by atoms with Gasteiger partial charge in [-0.05, 0) is 31.2 Å². The number of rotatable bonds is 3. The lowest BCUT2D eigenvalue weighted by molar-refractivity contribution is 0.157. The summed E-state index contributed by atoms with van der Waals surface area (Å²) in [7, 11) is 2.06. The third-order valence-electron chi connectivity index (χ3n) is 3.34. The molecule has 0 aromatic carbocycles. The Bertz CT molecular complexity index is 123. The summed E-state index contributed by atoms with van der Waals surface area (Å²) in [5.41, 5.74) is 0.509. The first-order valence-electron chi connectivity index (χ1n) is 5.31. The fourth-order valence-corrected chi connectivity index (χ4v) is 2.48. The van der Waals surface area contributed by atoms with Crippen molar-refractivity contribution in [1.82, 2.24) is 5.32 Å². The number of hydrogen-bond acceptors (Lipinski definition) is 1. The molecule has 0 bridgehead atoms. The Morgan fingerprint density at radius 1 is 1.17 bits per heavy atom. The molecule has 0 saturated heterocycles. The second-order valence-corrected chi connectivity index (χ2v) is 4.85. The maximum atomic E-state index is 3.31. The summed E-state index contributed by atoms with van der Waals surface area (Å²) in [6.07, 6.45) is 7.28. The Morgan fingerprint density at radius 3 is 2.25 bits per heavy atom. The Hall–Kier alpha value is -0.0400. The van der Waals surface area contributed by atoms with Gasteiger partial charge in [0.1, 0.15) is 0 Å². The normalized spacial score (nSPS) is 21.2. The lowest BCUT2D eigenvalue weighted by atomic mass is 9.71. The van der Waals surface area contributed by atoms with Crippen LogP contribution in [0.4, 0.5) is 0 Å². The van der Waals surface area contributed by atoms with Crippen LogP contribution in [-0.2, 0) is 0 Å². The first kappa shape index (κ1) is 10.0. The molecule has 0 spiro atoms. The molecule has 1 saturated carbocycles. The average Bonchev–Trinajstić information content (AvgIpc) is 2.06. The minimum Gasteiger partial charge on any atom is -0.319 e. The topological polar surface area (TPSA) is 12.0 Å². The van der Waals surface area contributed by atoms with E-state index in [0.717, 1.165) is 12.5 Å².